The monoisotopic (exact) mass is 328 g/mol. The standard InChI is InChI=1S/C20H28N2O2/c1-14-12-15(2)17(16(3)13-14)21-18(23)20(8-9-20)19(24)22-10-6-4-5-7-11-22/h12-13H,4-11H2,1-3H3,(H,21,23). The van der Waals surface area contributed by atoms with E-state index in [2.05, 4.69) is 24.4 Å². The number of nitrogens with zero attached hydrogens (tertiary/aromatic N) is 1. The number of carbonyl (C=O) groups is 2. The summed E-state index contributed by atoms with van der Waals surface area (Å²) in [4.78, 5) is 27.8. The number of aryl methyl sites for hydroxylation is 3. The quantitative estimate of drug-likeness (QED) is 0.860. The third-order valence-corrected chi connectivity index (χ3v) is 5.40. The highest BCUT2D eigenvalue weighted by Gasteiger charge is 2.58. The van der Waals surface area contributed by atoms with Crippen LogP contribution in [0.5, 0.6) is 0 Å². The minimum absolute atomic E-state index is 0.0457. The van der Waals surface area contributed by atoms with Crippen molar-refractivity contribution in [3.63, 3.8) is 0 Å². The van der Waals surface area contributed by atoms with Crippen LogP contribution in [0.15, 0.2) is 12.1 Å². The summed E-state index contributed by atoms with van der Waals surface area (Å²) in [6, 6.07) is 4.14. The van der Waals surface area contributed by atoms with Crippen molar-refractivity contribution in [3.8, 4) is 0 Å². The highest BCUT2D eigenvalue weighted by molar-refractivity contribution is 6.13. The van der Waals surface area contributed by atoms with Crippen molar-refractivity contribution < 1.29 is 9.59 Å². The van der Waals surface area contributed by atoms with E-state index in [4.69, 9.17) is 0 Å². The molecule has 1 saturated carbocycles. The first-order valence-corrected chi connectivity index (χ1v) is 9.13. The summed E-state index contributed by atoms with van der Waals surface area (Å²) < 4.78 is 0. The number of likely N-dealkylation sites (tertiary alicyclic amines) is 1. The second-order valence-corrected chi connectivity index (χ2v) is 7.52. The summed E-state index contributed by atoms with van der Waals surface area (Å²) in [7, 11) is 0. The van der Waals surface area contributed by atoms with Crippen LogP contribution >= 0.6 is 0 Å². The molecule has 1 aromatic carbocycles. The Balaban J connectivity index is 1.76. The van der Waals surface area contributed by atoms with E-state index in [1.807, 2.05) is 18.7 Å². The number of nitrogens with one attached hydrogen (secondary N) is 1. The predicted octanol–water partition coefficient (Wildman–Crippen LogP) is 3.73. The van der Waals surface area contributed by atoms with Crippen molar-refractivity contribution in [1.29, 1.82) is 0 Å². The minimum atomic E-state index is -0.811. The van der Waals surface area contributed by atoms with Gasteiger partial charge >= 0.3 is 0 Å². The lowest BCUT2D eigenvalue weighted by Crippen LogP contribution is -2.43. The summed E-state index contributed by atoms with van der Waals surface area (Å²) >= 11 is 0. The lowest BCUT2D eigenvalue weighted by molar-refractivity contribution is -0.142. The van der Waals surface area contributed by atoms with Crippen LogP contribution in [0.25, 0.3) is 0 Å². The maximum Gasteiger partial charge on any atom is 0.240 e. The van der Waals surface area contributed by atoms with E-state index >= 15 is 0 Å². The molecule has 0 radical (unpaired) electrons. The third kappa shape index (κ3) is 3.19. The molecule has 1 aliphatic heterocycles. The van der Waals surface area contributed by atoms with Gasteiger partial charge in [0.1, 0.15) is 5.41 Å². The van der Waals surface area contributed by atoms with Gasteiger partial charge in [-0.1, -0.05) is 30.5 Å². The second-order valence-electron chi connectivity index (χ2n) is 7.52. The van der Waals surface area contributed by atoms with Gasteiger partial charge < -0.3 is 10.2 Å². The second kappa shape index (κ2) is 6.58. The minimum Gasteiger partial charge on any atom is -0.342 e. The van der Waals surface area contributed by atoms with Crippen LogP contribution < -0.4 is 5.32 Å². The largest absolute Gasteiger partial charge is 0.342 e. The van der Waals surface area contributed by atoms with Crippen molar-refractivity contribution in [3.05, 3.63) is 28.8 Å². The van der Waals surface area contributed by atoms with Gasteiger partial charge in [0.25, 0.3) is 0 Å². The highest BCUT2D eigenvalue weighted by Crippen LogP contribution is 2.48. The van der Waals surface area contributed by atoms with Gasteiger partial charge in [-0.25, -0.2) is 0 Å². The molecular weight excluding hydrogens is 300 g/mol. The molecule has 3 rings (SSSR count). The molecule has 130 valence electrons. The first kappa shape index (κ1) is 17.0. The summed E-state index contributed by atoms with van der Waals surface area (Å²) in [6.07, 6.45) is 5.84. The lowest BCUT2D eigenvalue weighted by Gasteiger charge is -2.26. The first-order valence-electron chi connectivity index (χ1n) is 9.13. The first-order chi connectivity index (χ1) is 11.4. The smallest absolute Gasteiger partial charge is 0.240 e. The molecule has 1 N–H and O–H groups in total. The van der Waals surface area contributed by atoms with E-state index in [0.717, 1.165) is 42.7 Å². The SMILES string of the molecule is Cc1cc(C)c(NC(=O)C2(C(=O)N3CCCCCC3)CC2)c(C)c1. The molecule has 0 atom stereocenters. The molecule has 4 heteroatoms. The Morgan fingerprint density at radius 1 is 0.958 bits per heavy atom. The molecule has 0 aromatic heterocycles. The van der Waals surface area contributed by atoms with Crippen molar-refractivity contribution in [2.75, 3.05) is 18.4 Å². The summed E-state index contributed by atoms with van der Waals surface area (Å²) in [5, 5.41) is 3.06. The number of rotatable bonds is 3. The molecule has 1 saturated heterocycles. The predicted molar refractivity (Wildman–Crippen MR) is 96.0 cm³/mol. The van der Waals surface area contributed by atoms with Crippen LogP contribution in [0, 0.1) is 26.2 Å². The Morgan fingerprint density at radius 2 is 1.50 bits per heavy atom. The molecule has 0 unspecified atom stereocenters. The normalized spacial score (nSPS) is 19.5. The average molecular weight is 328 g/mol. The Morgan fingerprint density at radius 3 is 2.00 bits per heavy atom. The summed E-state index contributed by atoms with van der Waals surface area (Å²) in [5.74, 6) is -0.0730. The van der Waals surface area contributed by atoms with E-state index in [9.17, 15) is 9.59 Å². The van der Waals surface area contributed by atoms with Crippen molar-refractivity contribution in [2.24, 2.45) is 5.41 Å². The molecule has 2 aliphatic rings. The number of benzene rings is 1. The molecule has 2 fully saturated rings. The summed E-state index contributed by atoms with van der Waals surface area (Å²) in [6.45, 7) is 7.67. The number of amides is 2. The van der Waals surface area contributed by atoms with E-state index < -0.39 is 5.41 Å². The Kier molecular flexibility index (Phi) is 4.66. The van der Waals surface area contributed by atoms with E-state index in [1.165, 1.54) is 18.4 Å². The van der Waals surface area contributed by atoms with Gasteiger partial charge in [-0.15, -0.1) is 0 Å². The molecule has 1 aliphatic carbocycles. The molecule has 2 amide bonds. The maximum absolute atomic E-state index is 13.0. The van der Waals surface area contributed by atoms with Crippen LogP contribution in [-0.4, -0.2) is 29.8 Å². The van der Waals surface area contributed by atoms with E-state index in [1.54, 1.807) is 0 Å². The number of hydrogen-bond donors (Lipinski definition) is 1. The van der Waals surface area contributed by atoms with Gasteiger partial charge in [0.15, 0.2) is 0 Å². The molecule has 4 nitrogen and oxygen atoms in total. The topological polar surface area (TPSA) is 49.4 Å². The van der Waals surface area contributed by atoms with Gasteiger partial charge in [0.05, 0.1) is 0 Å². The van der Waals surface area contributed by atoms with Crippen LogP contribution in [0.1, 0.15) is 55.2 Å². The van der Waals surface area contributed by atoms with Crippen LogP contribution in [-0.2, 0) is 9.59 Å². The van der Waals surface area contributed by atoms with Gasteiger partial charge in [-0.05, 0) is 57.6 Å². The molecule has 1 heterocycles. The number of anilines is 1. The third-order valence-electron chi connectivity index (χ3n) is 5.40. The van der Waals surface area contributed by atoms with Gasteiger partial charge in [-0.3, -0.25) is 9.59 Å². The molecule has 0 spiro atoms. The summed E-state index contributed by atoms with van der Waals surface area (Å²) in [5.41, 5.74) is 3.34. The molecule has 0 bridgehead atoms. The van der Waals surface area contributed by atoms with Crippen LogP contribution in [0.2, 0.25) is 0 Å². The fourth-order valence-electron chi connectivity index (χ4n) is 3.85. The van der Waals surface area contributed by atoms with Gasteiger partial charge in [0, 0.05) is 18.8 Å². The average Bonchev–Trinajstić information content (AvgIpc) is 3.34. The van der Waals surface area contributed by atoms with E-state index in [-0.39, 0.29) is 11.8 Å². The molecular formula is C20H28N2O2. The fourth-order valence-corrected chi connectivity index (χ4v) is 3.85. The van der Waals surface area contributed by atoms with Gasteiger partial charge in [0.2, 0.25) is 11.8 Å². The van der Waals surface area contributed by atoms with Crippen LogP contribution in [0.3, 0.4) is 0 Å². The van der Waals surface area contributed by atoms with Gasteiger partial charge in [-0.2, -0.15) is 0 Å². The zero-order valence-corrected chi connectivity index (χ0v) is 15.1. The highest BCUT2D eigenvalue weighted by atomic mass is 16.2. The lowest BCUT2D eigenvalue weighted by atomic mass is 10.0. The Bertz CT molecular complexity index is 631. The van der Waals surface area contributed by atoms with E-state index in [0.29, 0.717) is 12.8 Å². The zero-order valence-electron chi connectivity index (χ0n) is 15.1. The molecule has 1 aromatic rings. The van der Waals surface area contributed by atoms with Crippen molar-refractivity contribution in [1.82, 2.24) is 4.90 Å². The molecule has 24 heavy (non-hydrogen) atoms. The van der Waals surface area contributed by atoms with Crippen molar-refractivity contribution >= 4 is 17.5 Å². The van der Waals surface area contributed by atoms with Crippen LogP contribution in [0.4, 0.5) is 5.69 Å². The van der Waals surface area contributed by atoms with Crippen molar-refractivity contribution in [2.45, 2.75) is 59.3 Å². The Labute approximate surface area is 144 Å². The number of hydrogen-bond acceptors (Lipinski definition) is 2. The maximum atomic E-state index is 13.0. The Hall–Kier alpha value is -1.84. The number of carbonyl (C=O) groups excluding carboxylic acids is 2. The zero-order chi connectivity index (χ0) is 17.3. The fraction of sp³-hybridized carbons (Fsp3) is 0.600.